The molecule has 1 aliphatic rings. The van der Waals surface area contributed by atoms with Crippen molar-refractivity contribution in [2.45, 2.75) is 39.3 Å². The maximum atomic E-state index is 9.54. The lowest BCUT2D eigenvalue weighted by Gasteiger charge is -2.32. The van der Waals surface area contributed by atoms with Crippen molar-refractivity contribution in [2.75, 3.05) is 13.1 Å². The summed E-state index contributed by atoms with van der Waals surface area (Å²) >= 11 is 1.90. The number of nitrogens with zero attached hydrogens (tertiary/aromatic N) is 1. The van der Waals surface area contributed by atoms with Gasteiger partial charge in [-0.2, -0.15) is 0 Å². The predicted molar refractivity (Wildman–Crippen MR) is 68.7 cm³/mol. The van der Waals surface area contributed by atoms with Crippen LogP contribution in [-0.2, 0) is 6.54 Å². The van der Waals surface area contributed by atoms with E-state index >= 15 is 0 Å². The fourth-order valence-corrected chi connectivity index (χ4v) is 3.32. The molecular weight excluding hydrogens is 218 g/mol. The van der Waals surface area contributed by atoms with Gasteiger partial charge in [0.2, 0.25) is 0 Å². The van der Waals surface area contributed by atoms with Gasteiger partial charge in [0.1, 0.15) is 0 Å². The molecule has 2 rings (SSSR count). The van der Waals surface area contributed by atoms with Gasteiger partial charge in [-0.15, -0.1) is 11.3 Å². The van der Waals surface area contributed by atoms with Crippen molar-refractivity contribution in [3.8, 4) is 0 Å². The number of aryl methyl sites for hydroxylation is 1. The molecule has 0 amide bonds. The molecule has 0 spiro atoms. The van der Waals surface area contributed by atoms with Crippen molar-refractivity contribution < 1.29 is 5.11 Å². The van der Waals surface area contributed by atoms with Gasteiger partial charge in [-0.1, -0.05) is 0 Å². The van der Waals surface area contributed by atoms with Crippen molar-refractivity contribution in [1.29, 1.82) is 0 Å². The normalized spacial score (nSPS) is 21.2. The molecule has 1 N–H and O–H groups in total. The second-order valence-corrected chi connectivity index (χ2v) is 6.24. The molecule has 1 saturated heterocycles. The third-order valence-corrected chi connectivity index (χ3v) is 4.48. The zero-order chi connectivity index (χ0) is 11.5. The van der Waals surface area contributed by atoms with E-state index in [0.29, 0.717) is 5.92 Å². The Morgan fingerprint density at radius 3 is 2.62 bits per heavy atom. The number of piperidine rings is 1. The van der Waals surface area contributed by atoms with Crippen LogP contribution in [0, 0.1) is 12.8 Å². The Balaban J connectivity index is 1.81. The molecule has 16 heavy (non-hydrogen) atoms. The highest BCUT2D eigenvalue weighted by molar-refractivity contribution is 7.11. The van der Waals surface area contributed by atoms with Gasteiger partial charge in [-0.05, 0) is 57.8 Å². The zero-order valence-electron chi connectivity index (χ0n) is 10.1. The van der Waals surface area contributed by atoms with Crippen molar-refractivity contribution in [1.82, 2.24) is 4.90 Å². The van der Waals surface area contributed by atoms with E-state index in [9.17, 15) is 5.11 Å². The Bertz CT molecular complexity index is 326. The first kappa shape index (κ1) is 12.1. The van der Waals surface area contributed by atoms with Crippen molar-refractivity contribution in [3.63, 3.8) is 0 Å². The van der Waals surface area contributed by atoms with E-state index in [1.807, 2.05) is 18.3 Å². The smallest absolute Gasteiger partial charge is 0.0541 e. The second kappa shape index (κ2) is 5.30. The van der Waals surface area contributed by atoms with E-state index in [-0.39, 0.29) is 6.10 Å². The van der Waals surface area contributed by atoms with Crippen LogP contribution in [0.3, 0.4) is 0 Å². The third kappa shape index (κ3) is 3.06. The highest BCUT2D eigenvalue weighted by Gasteiger charge is 2.22. The quantitative estimate of drug-likeness (QED) is 0.876. The summed E-state index contributed by atoms with van der Waals surface area (Å²) in [7, 11) is 0. The Morgan fingerprint density at radius 2 is 2.12 bits per heavy atom. The number of rotatable bonds is 3. The topological polar surface area (TPSA) is 23.5 Å². The van der Waals surface area contributed by atoms with Crippen LogP contribution in [0.15, 0.2) is 12.1 Å². The lowest BCUT2D eigenvalue weighted by Crippen LogP contribution is -2.36. The van der Waals surface area contributed by atoms with Crippen LogP contribution in [0.5, 0.6) is 0 Å². The molecule has 0 bridgehead atoms. The first-order valence-corrected chi connectivity index (χ1v) is 6.92. The Hall–Kier alpha value is -0.380. The summed E-state index contributed by atoms with van der Waals surface area (Å²) in [6.45, 7) is 7.43. The molecule has 3 heteroatoms. The maximum absolute atomic E-state index is 9.54. The summed E-state index contributed by atoms with van der Waals surface area (Å²) in [5, 5.41) is 9.54. The lowest BCUT2D eigenvalue weighted by molar-refractivity contribution is 0.0698. The Morgan fingerprint density at radius 1 is 1.44 bits per heavy atom. The molecule has 1 aliphatic heterocycles. The summed E-state index contributed by atoms with van der Waals surface area (Å²) in [4.78, 5) is 5.37. The average molecular weight is 239 g/mol. The van der Waals surface area contributed by atoms with Gasteiger partial charge >= 0.3 is 0 Å². The summed E-state index contributed by atoms with van der Waals surface area (Å²) in [6, 6.07) is 4.43. The van der Waals surface area contributed by atoms with Crippen molar-refractivity contribution >= 4 is 11.3 Å². The van der Waals surface area contributed by atoms with Gasteiger partial charge in [0, 0.05) is 16.3 Å². The largest absolute Gasteiger partial charge is 0.393 e. The monoisotopic (exact) mass is 239 g/mol. The van der Waals surface area contributed by atoms with Crippen LogP contribution >= 0.6 is 11.3 Å². The van der Waals surface area contributed by atoms with Crippen LogP contribution in [-0.4, -0.2) is 29.2 Å². The maximum Gasteiger partial charge on any atom is 0.0541 e. The number of aliphatic hydroxyl groups excluding tert-OH is 1. The minimum atomic E-state index is -0.133. The van der Waals surface area contributed by atoms with Gasteiger partial charge in [-0.25, -0.2) is 0 Å². The van der Waals surface area contributed by atoms with Crippen LogP contribution in [0.2, 0.25) is 0 Å². The standard InChI is InChI=1S/C13H21NOS/c1-10-3-4-13(16-10)9-14-7-5-12(6-8-14)11(2)15/h3-4,11-12,15H,5-9H2,1-2H3. The molecular formula is C13H21NOS. The number of thiophene rings is 1. The molecule has 1 atom stereocenters. The fourth-order valence-electron chi connectivity index (χ4n) is 2.38. The molecule has 2 heterocycles. The van der Waals surface area contributed by atoms with Gasteiger partial charge in [-0.3, -0.25) is 4.90 Å². The molecule has 1 fully saturated rings. The highest BCUT2D eigenvalue weighted by Crippen LogP contribution is 2.23. The molecule has 1 aromatic heterocycles. The van der Waals surface area contributed by atoms with Crippen LogP contribution < -0.4 is 0 Å². The van der Waals surface area contributed by atoms with Gasteiger partial charge in [0.25, 0.3) is 0 Å². The molecule has 2 nitrogen and oxygen atoms in total. The van der Waals surface area contributed by atoms with Crippen molar-refractivity contribution in [3.05, 3.63) is 21.9 Å². The van der Waals surface area contributed by atoms with E-state index < -0.39 is 0 Å². The molecule has 0 aromatic carbocycles. The zero-order valence-corrected chi connectivity index (χ0v) is 11.0. The average Bonchev–Trinajstić information content (AvgIpc) is 2.65. The first-order chi connectivity index (χ1) is 7.65. The van der Waals surface area contributed by atoms with Gasteiger partial charge < -0.3 is 5.11 Å². The molecule has 1 unspecified atom stereocenters. The summed E-state index contributed by atoms with van der Waals surface area (Å²) < 4.78 is 0. The van der Waals surface area contributed by atoms with Gasteiger partial charge in [0.15, 0.2) is 0 Å². The lowest BCUT2D eigenvalue weighted by atomic mass is 9.92. The highest BCUT2D eigenvalue weighted by atomic mass is 32.1. The number of aliphatic hydroxyl groups is 1. The second-order valence-electron chi connectivity index (χ2n) is 4.87. The molecule has 1 aromatic rings. The SMILES string of the molecule is Cc1ccc(CN2CCC(C(C)O)CC2)s1. The Kier molecular flexibility index (Phi) is 4.00. The van der Waals surface area contributed by atoms with E-state index in [0.717, 1.165) is 32.5 Å². The third-order valence-electron chi connectivity index (χ3n) is 3.49. The predicted octanol–water partition coefficient (Wildman–Crippen LogP) is 2.65. The summed E-state index contributed by atoms with van der Waals surface area (Å²) in [6.07, 6.45) is 2.15. The van der Waals surface area contributed by atoms with Crippen LogP contribution in [0.4, 0.5) is 0 Å². The summed E-state index contributed by atoms with van der Waals surface area (Å²) in [5.74, 6) is 0.515. The van der Waals surface area contributed by atoms with Crippen LogP contribution in [0.25, 0.3) is 0 Å². The first-order valence-electron chi connectivity index (χ1n) is 6.11. The van der Waals surface area contributed by atoms with E-state index in [2.05, 4.69) is 24.0 Å². The number of likely N-dealkylation sites (tertiary alicyclic amines) is 1. The molecule has 0 saturated carbocycles. The summed E-state index contributed by atoms with van der Waals surface area (Å²) in [5.41, 5.74) is 0. The van der Waals surface area contributed by atoms with Crippen molar-refractivity contribution in [2.24, 2.45) is 5.92 Å². The minimum absolute atomic E-state index is 0.133. The molecule has 0 aliphatic carbocycles. The van der Waals surface area contributed by atoms with Crippen LogP contribution in [0.1, 0.15) is 29.5 Å². The molecule has 0 radical (unpaired) electrons. The minimum Gasteiger partial charge on any atom is -0.393 e. The van der Waals surface area contributed by atoms with Gasteiger partial charge in [0.05, 0.1) is 6.10 Å². The van der Waals surface area contributed by atoms with E-state index in [1.165, 1.54) is 9.75 Å². The number of hydrogen-bond acceptors (Lipinski definition) is 3. The molecule has 90 valence electrons. The van der Waals surface area contributed by atoms with E-state index in [4.69, 9.17) is 0 Å². The van der Waals surface area contributed by atoms with E-state index in [1.54, 1.807) is 0 Å². The number of hydrogen-bond donors (Lipinski definition) is 1. The Labute approximate surface area is 102 Å². The fraction of sp³-hybridized carbons (Fsp3) is 0.692.